The molecule has 2 N–H and O–H groups in total. The predicted octanol–water partition coefficient (Wildman–Crippen LogP) is 1.40. The van der Waals surface area contributed by atoms with Crippen molar-refractivity contribution < 1.29 is 19.4 Å². The number of carbonyl (C=O) groups is 2. The summed E-state index contributed by atoms with van der Waals surface area (Å²) in [6, 6.07) is -1.12. The molecule has 0 aliphatic carbocycles. The summed E-state index contributed by atoms with van der Waals surface area (Å²) in [6.07, 6.45) is 4.25. The van der Waals surface area contributed by atoms with Crippen molar-refractivity contribution in [3.8, 4) is 0 Å². The van der Waals surface area contributed by atoms with Crippen LogP contribution < -0.4 is 5.32 Å². The number of aliphatic carboxylic acids is 1. The lowest BCUT2D eigenvalue weighted by atomic mass is 10.1. The number of amides is 2. The fourth-order valence-corrected chi connectivity index (χ4v) is 2.70. The first kappa shape index (κ1) is 17.1. The molecule has 1 heterocycles. The molecular weight excluding hydrogens is 280 g/mol. The molecule has 1 rings (SSSR count). The normalized spacial score (nSPS) is 20.5. The Hall–Kier alpha value is -0.950. The van der Waals surface area contributed by atoms with Gasteiger partial charge in [-0.25, -0.2) is 9.59 Å². The summed E-state index contributed by atoms with van der Waals surface area (Å²) in [5, 5.41) is 11.7. The average molecular weight is 304 g/mol. The number of nitrogens with one attached hydrogen (secondary N) is 1. The zero-order valence-corrected chi connectivity index (χ0v) is 12.9. The summed E-state index contributed by atoms with van der Waals surface area (Å²) in [6.45, 7) is 3.76. The van der Waals surface area contributed by atoms with Gasteiger partial charge in [0.1, 0.15) is 6.04 Å². The fourth-order valence-electron chi connectivity index (χ4n) is 2.23. The largest absolute Gasteiger partial charge is 0.480 e. The molecule has 1 aliphatic rings. The minimum absolute atomic E-state index is 0.0639. The van der Waals surface area contributed by atoms with Crippen molar-refractivity contribution in [3.63, 3.8) is 0 Å². The maximum atomic E-state index is 12.1. The molecule has 116 valence electrons. The van der Waals surface area contributed by atoms with Gasteiger partial charge in [-0.15, -0.1) is 0 Å². The van der Waals surface area contributed by atoms with Crippen molar-refractivity contribution in [2.75, 3.05) is 31.7 Å². The number of nitrogens with zero attached hydrogens (tertiary/aromatic N) is 1. The van der Waals surface area contributed by atoms with Crippen LogP contribution in [0, 0.1) is 0 Å². The summed E-state index contributed by atoms with van der Waals surface area (Å²) >= 11 is 1.57. The van der Waals surface area contributed by atoms with Crippen molar-refractivity contribution in [2.24, 2.45) is 0 Å². The molecular formula is C13H24N2O4S. The summed E-state index contributed by atoms with van der Waals surface area (Å²) in [5.74, 6) is -0.274. The number of likely N-dealkylation sites (tertiary alicyclic amines) is 1. The van der Waals surface area contributed by atoms with Gasteiger partial charge in [0.25, 0.3) is 0 Å². The molecule has 1 saturated heterocycles. The predicted molar refractivity (Wildman–Crippen MR) is 79.2 cm³/mol. The Kier molecular flexibility index (Phi) is 7.76. The van der Waals surface area contributed by atoms with E-state index in [4.69, 9.17) is 9.84 Å². The monoisotopic (exact) mass is 304 g/mol. The summed E-state index contributed by atoms with van der Waals surface area (Å²) in [7, 11) is 0. The molecule has 20 heavy (non-hydrogen) atoms. The zero-order chi connectivity index (χ0) is 15.0. The molecule has 0 radical (unpaired) electrons. The smallest absolute Gasteiger partial charge is 0.326 e. The van der Waals surface area contributed by atoms with E-state index < -0.39 is 12.0 Å². The fraction of sp³-hybridized carbons (Fsp3) is 0.846. The molecule has 1 fully saturated rings. The van der Waals surface area contributed by atoms with Crippen LogP contribution in [0.2, 0.25) is 0 Å². The summed E-state index contributed by atoms with van der Waals surface area (Å²) in [5.41, 5.74) is 0. The number of rotatable bonds is 7. The van der Waals surface area contributed by atoms with E-state index in [0.29, 0.717) is 31.9 Å². The number of urea groups is 1. The minimum Gasteiger partial charge on any atom is -0.480 e. The van der Waals surface area contributed by atoms with Gasteiger partial charge in [-0.1, -0.05) is 0 Å². The highest BCUT2D eigenvalue weighted by atomic mass is 32.2. The first-order chi connectivity index (χ1) is 9.58. The maximum absolute atomic E-state index is 12.1. The van der Waals surface area contributed by atoms with E-state index in [0.717, 1.165) is 12.8 Å². The topological polar surface area (TPSA) is 78.9 Å². The van der Waals surface area contributed by atoms with Crippen molar-refractivity contribution in [3.05, 3.63) is 0 Å². The average Bonchev–Trinajstić information content (AvgIpc) is 2.43. The third-order valence-corrected chi connectivity index (χ3v) is 3.92. The van der Waals surface area contributed by atoms with E-state index in [1.807, 2.05) is 13.2 Å². The number of ether oxygens (including phenoxy) is 1. The quantitative estimate of drug-likeness (QED) is 0.743. The third kappa shape index (κ3) is 5.58. The second-order valence-corrected chi connectivity index (χ2v) is 5.77. The van der Waals surface area contributed by atoms with Crippen LogP contribution in [0.3, 0.4) is 0 Å². The molecule has 0 spiro atoms. The lowest BCUT2D eigenvalue weighted by molar-refractivity contribution is -0.139. The van der Waals surface area contributed by atoms with Gasteiger partial charge in [-0.2, -0.15) is 11.8 Å². The molecule has 0 bridgehead atoms. The molecule has 2 amide bonds. The second kappa shape index (κ2) is 9.07. The molecule has 2 unspecified atom stereocenters. The van der Waals surface area contributed by atoms with Crippen LogP contribution in [0.5, 0.6) is 0 Å². The molecule has 2 atom stereocenters. The maximum Gasteiger partial charge on any atom is 0.326 e. The van der Waals surface area contributed by atoms with Crippen molar-refractivity contribution in [1.29, 1.82) is 0 Å². The van der Waals surface area contributed by atoms with Crippen LogP contribution in [0.15, 0.2) is 0 Å². The first-order valence-corrected chi connectivity index (χ1v) is 8.36. The van der Waals surface area contributed by atoms with Gasteiger partial charge in [0.2, 0.25) is 0 Å². The Balaban J connectivity index is 2.48. The molecule has 7 heteroatoms. The Morgan fingerprint density at radius 2 is 2.30 bits per heavy atom. The Morgan fingerprint density at radius 3 is 2.90 bits per heavy atom. The van der Waals surface area contributed by atoms with E-state index >= 15 is 0 Å². The summed E-state index contributed by atoms with van der Waals surface area (Å²) in [4.78, 5) is 24.9. The molecule has 0 aromatic heterocycles. The van der Waals surface area contributed by atoms with Gasteiger partial charge in [0, 0.05) is 19.7 Å². The standard InChI is InChI=1S/C13H24N2O4S/c1-3-19-10-5-4-7-15(9-10)13(18)14-11(12(16)17)6-8-20-2/h10-11H,3-9H2,1-2H3,(H,14,18)(H,16,17). The summed E-state index contributed by atoms with van der Waals surface area (Å²) < 4.78 is 5.54. The number of carboxylic acid groups (broad SMARTS) is 1. The number of hydrogen-bond acceptors (Lipinski definition) is 4. The van der Waals surface area contributed by atoms with E-state index in [9.17, 15) is 9.59 Å². The van der Waals surface area contributed by atoms with Crippen LogP contribution in [-0.2, 0) is 9.53 Å². The Bertz CT molecular complexity index is 325. The van der Waals surface area contributed by atoms with E-state index in [-0.39, 0.29) is 12.1 Å². The van der Waals surface area contributed by atoms with Gasteiger partial charge in [-0.05, 0) is 38.2 Å². The third-order valence-electron chi connectivity index (χ3n) is 3.27. The highest BCUT2D eigenvalue weighted by molar-refractivity contribution is 7.98. The van der Waals surface area contributed by atoms with Gasteiger partial charge in [0.15, 0.2) is 0 Å². The Labute approximate surface area is 124 Å². The first-order valence-electron chi connectivity index (χ1n) is 6.97. The molecule has 0 aromatic rings. The number of piperidine rings is 1. The van der Waals surface area contributed by atoms with Gasteiger partial charge in [0.05, 0.1) is 6.10 Å². The number of carbonyl (C=O) groups excluding carboxylic acids is 1. The van der Waals surface area contributed by atoms with E-state index in [1.165, 1.54) is 0 Å². The number of thioether (sulfide) groups is 1. The SMILES string of the molecule is CCOC1CCCN(C(=O)NC(CCSC)C(=O)O)C1. The van der Waals surface area contributed by atoms with Gasteiger partial charge in [-0.3, -0.25) is 0 Å². The van der Waals surface area contributed by atoms with Crippen LogP contribution in [0.4, 0.5) is 4.79 Å². The molecule has 6 nitrogen and oxygen atoms in total. The lowest BCUT2D eigenvalue weighted by Crippen LogP contribution is -2.52. The van der Waals surface area contributed by atoms with Gasteiger partial charge >= 0.3 is 12.0 Å². The van der Waals surface area contributed by atoms with Gasteiger partial charge < -0.3 is 20.1 Å². The van der Waals surface area contributed by atoms with E-state index in [2.05, 4.69) is 5.32 Å². The lowest BCUT2D eigenvalue weighted by Gasteiger charge is -2.33. The second-order valence-electron chi connectivity index (χ2n) is 4.79. The van der Waals surface area contributed by atoms with Crippen LogP contribution in [0.25, 0.3) is 0 Å². The number of hydrogen-bond donors (Lipinski definition) is 2. The zero-order valence-electron chi connectivity index (χ0n) is 12.1. The molecule has 1 aliphatic heterocycles. The minimum atomic E-state index is -0.981. The highest BCUT2D eigenvalue weighted by Crippen LogP contribution is 2.13. The Morgan fingerprint density at radius 1 is 1.55 bits per heavy atom. The van der Waals surface area contributed by atoms with Crippen LogP contribution in [-0.4, -0.2) is 65.9 Å². The van der Waals surface area contributed by atoms with E-state index in [1.54, 1.807) is 16.7 Å². The number of carboxylic acids is 1. The van der Waals surface area contributed by atoms with Crippen LogP contribution >= 0.6 is 11.8 Å². The highest BCUT2D eigenvalue weighted by Gasteiger charge is 2.27. The molecule has 0 saturated carbocycles. The van der Waals surface area contributed by atoms with Crippen molar-refractivity contribution in [1.82, 2.24) is 10.2 Å². The van der Waals surface area contributed by atoms with Crippen molar-refractivity contribution >= 4 is 23.8 Å². The van der Waals surface area contributed by atoms with Crippen LogP contribution in [0.1, 0.15) is 26.2 Å². The molecule has 0 aromatic carbocycles. The van der Waals surface area contributed by atoms with Crippen molar-refractivity contribution in [2.45, 2.75) is 38.3 Å².